The standard InChI is InChI=1S/C16H24N2O/c1-12-9-15(10-13(2)19-12)18-8-7-17-11-14-5-3-4-6-16(14)18/h3-6,12-13,15,17H,7-11H2,1-2H3. The maximum atomic E-state index is 5.88. The molecule has 1 aromatic carbocycles. The minimum Gasteiger partial charge on any atom is -0.375 e. The third-order valence-electron chi connectivity index (χ3n) is 4.26. The van der Waals surface area contributed by atoms with Gasteiger partial charge < -0.3 is 15.0 Å². The van der Waals surface area contributed by atoms with Gasteiger partial charge in [-0.05, 0) is 38.3 Å². The Kier molecular flexibility index (Phi) is 3.76. The average Bonchev–Trinajstić information content (AvgIpc) is 2.59. The van der Waals surface area contributed by atoms with Crippen LogP contribution in [-0.4, -0.2) is 31.3 Å². The fourth-order valence-electron chi connectivity index (χ4n) is 3.49. The van der Waals surface area contributed by atoms with E-state index in [4.69, 9.17) is 4.74 Å². The largest absolute Gasteiger partial charge is 0.375 e. The van der Waals surface area contributed by atoms with E-state index in [2.05, 4.69) is 48.3 Å². The summed E-state index contributed by atoms with van der Waals surface area (Å²) in [6.45, 7) is 7.55. The van der Waals surface area contributed by atoms with Gasteiger partial charge in [-0.25, -0.2) is 0 Å². The normalized spacial score (nSPS) is 31.7. The van der Waals surface area contributed by atoms with Gasteiger partial charge in [0.25, 0.3) is 0 Å². The van der Waals surface area contributed by atoms with Gasteiger partial charge in [0.15, 0.2) is 0 Å². The molecule has 1 saturated heterocycles. The highest BCUT2D eigenvalue weighted by atomic mass is 16.5. The molecule has 1 aromatic rings. The Hall–Kier alpha value is -1.06. The summed E-state index contributed by atoms with van der Waals surface area (Å²) in [5.74, 6) is 0. The molecular formula is C16H24N2O. The molecule has 0 aliphatic carbocycles. The number of nitrogens with zero attached hydrogens (tertiary/aromatic N) is 1. The number of para-hydroxylation sites is 1. The molecule has 2 aliphatic rings. The third-order valence-corrected chi connectivity index (χ3v) is 4.26. The van der Waals surface area contributed by atoms with E-state index in [1.165, 1.54) is 11.3 Å². The predicted molar refractivity (Wildman–Crippen MR) is 78.5 cm³/mol. The van der Waals surface area contributed by atoms with Crippen molar-refractivity contribution in [3.05, 3.63) is 29.8 Å². The van der Waals surface area contributed by atoms with E-state index in [9.17, 15) is 0 Å². The Morgan fingerprint density at radius 2 is 1.89 bits per heavy atom. The second kappa shape index (κ2) is 5.51. The Bertz CT molecular complexity index is 425. The van der Waals surface area contributed by atoms with Crippen molar-refractivity contribution in [3.63, 3.8) is 0 Å². The van der Waals surface area contributed by atoms with Crippen molar-refractivity contribution in [3.8, 4) is 0 Å². The summed E-state index contributed by atoms with van der Waals surface area (Å²) in [6, 6.07) is 9.42. The number of ether oxygens (including phenoxy) is 1. The van der Waals surface area contributed by atoms with Crippen molar-refractivity contribution < 1.29 is 4.74 Å². The van der Waals surface area contributed by atoms with Crippen molar-refractivity contribution in [1.82, 2.24) is 5.32 Å². The molecule has 104 valence electrons. The minimum absolute atomic E-state index is 0.372. The molecular weight excluding hydrogens is 236 g/mol. The van der Waals surface area contributed by atoms with E-state index in [1.54, 1.807) is 0 Å². The lowest BCUT2D eigenvalue weighted by Crippen LogP contribution is -2.46. The Labute approximate surface area is 115 Å². The first kappa shape index (κ1) is 12.9. The molecule has 3 nitrogen and oxygen atoms in total. The fourth-order valence-corrected chi connectivity index (χ4v) is 3.49. The smallest absolute Gasteiger partial charge is 0.0570 e. The van der Waals surface area contributed by atoms with Crippen LogP contribution in [0.2, 0.25) is 0 Å². The molecule has 0 spiro atoms. The van der Waals surface area contributed by atoms with Crippen LogP contribution in [0.25, 0.3) is 0 Å². The first-order chi connectivity index (χ1) is 9.24. The van der Waals surface area contributed by atoms with Crippen LogP contribution < -0.4 is 10.2 Å². The molecule has 2 unspecified atom stereocenters. The van der Waals surface area contributed by atoms with Gasteiger partial charge in [0.05, 0.1) is 12.2 Å². The lowest BCUT2D eigenvalue weighted by atomic mass is 9.97. The summed E-state index contributed by atoms with van der Waals surface area (Å²) >= 11 is 0. The first-order valence-electron chi connectivity index (χ1n) is 7.45. The van der Waals surface area contributed by atoms with Crippen LogP contribution in [0.3, 0.4) is 0 Å². The molecule has 3 heteroatoms. The maximum absolute atomic E-state index is 5.88. The van der Waals surface area contributed by atoms with Gasteiger partial charge in [0.2, 0.25) is 0 Å². The molecule has 0 aromatic heterocycles. The van der Waals surface area contributed by atoms with Crippen LogP contribution in [0.5, 0.6) is 0 Å². The fraction of sp³-hybridized carbons (Fsp3) is 0.625. The number of benzene rings is 1. The monoisotopic (exact) mass is 260 g/mol. The Balaban J connectivity index is 1.87. The van der Waals surface area contributed by atoms with E-state index in [0.717, 1.165) is 32.5 Å². The van der Waals surface area contributed by atoms with Crippen molar-refractivity contribution in [1.29, 1.82) is 0 Å². The van der Waals surface area contributed by atoms with Gasteiger partial charge >= 0.3 is 0 Å². The minimum atomic E-state index is 0.372. The molecule has 1 fully saturated rings. The number of nitrogens with one attached hydrogen (secondary N) is 1. The topological polar surface area (TPSA) is 24.5 Å². The number of hydrogen-bond acceptors (Lipinski definition) is 3. The number of fused-ring (bicyclic) bond motifs is 1. The van der Waals surface area contributed by atoms with Crippen molar-refractivity contribution in [2.45, 2.75) is 51.5 Å². The highest BCUT2D eigenvalue weighted by Crippen LogP contribution is 2.30. The van der Waals surface area contributed by atoms with Gasteiger partial charge in [-0.3, -0.25) is 0 Å². The van der Waals surface area contributed by atoms with Crippen LogP contribution in [0.1, 0.15) is 32.3 Å². The summed E-state index contributed by atoms with van der Waals surface area (Å²) in [7, 11) is 0. The second-order valence-electron chi connectivity index (χ2n) is 5.88. The molecule has 0 bridgehead atoms. The quantitative estimate of drug-likeness (QED) is 0.840. The summed E-state index contributed by atoms with van der Waals surface area (Å²) in [5, 5.41) is 3.52. The third kappa shape index (κ3) is 2.77. The van der Waals surface area contributed by atoms with Gasteiger partial charge in [0.1, 0.15) is 0 Å². The van der Waals surface area contributed by atoms with E-state index in [1.807, 2.05) is 0 Å². The summed E-state index contributed by atoms with van der Waals surface area (Å²) in [5.41, 5.74) is 2.84. The van der Waals surface area contributed by atoms with E-state index in [-0.39, 0.29) is 0 Å². The zero-order chi connectivity index (χ0) is 13.2. The van der Waals surface area contributed by atoms with Gasteiger partial charge in [-0.1, -0.05) is 18.2 Å². The molecule has 3 rings (SSSR count). The molecule has 0 radical (unpaired) electrons. The van der Waals surface area contributed by atoms with Crippen molar-refractivity contribution in [2.75, 3.05) is 18.0 Å². The molecule has 2 aliphatic heterocycles. The van der Waals surface area contributed by atoms with E-state index >= 15 is 0 Å². The average molecular weight is 260 g/mol. The van der Waals surface area contributed by atoms with E-state index in [0.29, 0.717) is 18.2 Å². The SMILES string of the molecule is CC1CC(N2CCNCc3ccccc32)CC(C)O1. The highest BCUT2D eigenvalue weighted by Gasteiger charge is 2.30. The van der Waals surface area contributed by atoms with Crippen LogP contribution in [0.4, 0.5) is 5.69 Å². The highest BCUT2D eigenvalue weighted by molar-refractivity contribution is 5.55. The number of hydrogen-bond donors (Lipinski definition) is 1. The van der Waals surface area contributed by atoms with Crippen LogP contribution in [0, 0.1) is 0 Å². The van der Waals surface area contributed by atoms with Crippen LogP contribution in [-0.2, 0) is 11.3 Å². The first-order valence-corrected chi connectivity index (χ1v) is 7.45. The Morgan fingerprint density at radius 1 is 1.16 bits per heavy atom. The lowest BCUT2D eigenvalue weighted by molar-refractivity contribution is -0.0377. The van der Waals surface area contributed by atoms with Crippen LogP contribution >= 0.6 is 0 Å². The van der Waals surface area contributed by atoms with Gasteiger partial charge in [-0.15, -0.1) is 0 Å². The predicted octanol–water partition coefficient (Wildman–Crippen LogP) is 2.55. The zero-order valence-corrected chi connectivity index (χ0v) is 11.9. The van der Waals surface area contributed by atoms with Crippen molar-refractivity contribution >= 4 is 5.69 Å². The van der Waals surface area contributed by atoms with Gasteiger partial charge in [-0.2, -0.15) is 0 Å². The Morgan fingerprint density at radius 3 is 2.68 bits per heavy atom. The zero-order valence-electron chi connectivity index (χ0n) is 11.9. The maximum Gasteiger partial charge on any atom is 0.0570 e. The molecule has 2 heterocycles. The lowest BCUT2D eigenvalue weighted by Gasteiger charge is -2.40. The molecule has 0 amide bonds. The summed E-state index contributed by atoms with van der Waals surface area (Å²) in [6.07, 6.45) is 3.02. The van der Waals surface area contributed by atoms with Gasteiger partial charge in [0, 0.05) is 31.4 Å². The molecule has 0 saturated carbocycles. The van der Waals surface area contributed by atoms with Crippen molar-refractivity contribution in [2.24, 2.45) is 0 Å². The number of anilines is 1. The molecule has 1 N–H and O–H groups in total. The molecule has 2 atom stereocenters. The number of rotatable bonds is 1. The summed E-state index contributed by atoms with van der Waals surface area (Å²) < 4.78 is 5.88. The van der Waals surface area contributed by atoms with Crippen LogP contribution in [0.15, 0.2) is 24.3 Å². The van der Waals surface area contributed by atoms with E-state index < -0.39 is 0 Å². The summed E-state index contributed by atoms with van der Waals surface area (Å²) in [4.78, 5) is 2.60. The second-order valence-corrected chi connectivity index (χ2v) is 5.88. The molecule has 19 heavy (non-hydrogen) atoms.